The minimum atomic E-state index is -0.944. The van der Waals surface area contributed by atoms with Gasteiger partial charge in [-0.2, -0.15) is 0 Å². The van der Waals surface area contributed by atoms with E-state index >= 15 is 0 Å². The predicted molar refractivity (Wildman–Crippen MR) is 94.8 cm³/mol. The van der Waals surface area contributed by atoms with Crippen molar-refractivity contribution >= 4 is 11.8 Å². The Morgan fingerprint density at radius 2 is 2.04 bits per heavy atom. The lowest BCUT2D eigenvalue weighted by molar-refractivity contribution is 0.0697. The number of benzene rings is 2. The number of hydrogen-bond donors (Lipinski definition) is 2. The standard InChI is InChI=1S/C19H20N2O4/c1-24-16-5-2-4-15(18-20-10-3-11-21-18)17(16)25-12-13-6-8-14(9-7-13)19(22)23/h2,4-9H,3,10-12H2,1H3,(H,20,21)(H,22,23). The molecular weight excluding hydrogens is 320 g/mol. The van der Waals surface area contributed by atoms with Gasteiger partial charge in [-0.3, -0.25) is 4.99 Å². The van der Waals surface area contributed by atoms with Gasteiger partial charge in [0.25, 0.3) is 0 Å². The maximum Gasteiger partial charge on any atom is 0.335 e. The van der Waals surface area contributed by atoms with E-state index in [9.17, 15) is 4.79 Å². The summed E-state index contributed by atoms with van der Waals surface area (Å²) >= 11 is 0. The number of nitrogens with zero attached hydrogens (tertiary/aromatic N) is 1. The van der Waals surface area contributed by atoms with Crippen molar-refractivity contribution in [2.75, 3.05) is 20.2 Å². The minimum absolute atomic E-state index is 0.252. The molecule has 2 aromatic rings. The molecule has 6 heteroatoms. The van der Waals surface area contributed by atoms with E-state index in [4.69, 9.17) is 14.6 Å². The van der Waals surface area contributed by atoms with Crippen LogP contribution in [0.15, 0.2) is 47.5 Å². The molecule has 0 amide bonds. The van der Waals surface area contributed by atoms with Gasteiger partial charge in [0.2, 0.25) is 0 Å². The maximum absolute atomic E-state index is 10.9. The molecule has 130 valence electrons. The summed E-state index contributed by atoms with van der Waals surface area (Å²) in [5.41, 5.74) is 1.99. The van der Waals surface area contributed by atoms with Crippen LogP contribution >= 0.6 is 0 Å². The molecule has 0 aromatic heterocycles. The highest BCUT2D eigenvalue weighted by molar-refractivity contribution is 6.02. The third-order valence-electron chi connectivity index (χ3n) is 3.94. The molecule has 0 saturated carbocycles. The molecule has 1 aliphatic rings. The summed E-state index contributed by atoms with van der Waals surface area (Å²) < 4.78 is 11.4. The van der Waals surface area contributed by atoms with Crippen LogP contribution in [-0.2, 0) is 6.61 Å². The fraction of sp³-hybridized carbons (Fsp3) is 0.263. The first-order valence-electron chi connectivity index (χ1n) is 8.10. The smallest absolute Gasteiger partial charge is 0.335 e. The number of carboxylic acids is 1. The van der Waals surface area contributed by atoms with Crippen molar-refractivity contribution < 1.29 is 19.4 Å². The molecule has 2 aromatic carbocycles. The zero-order chi connectivity index (χ0) is 17.6. The molecule has 0 saturated heterocycles. The third-order valence-corrected chi connectivity index (χ3v) is 3.94. The normalized spacial score (nSPS) is 13.6. The van der Waals surface area contributed by atoms with Crippen molar-refractivity contribution in [2.45, 2.75) is 13.0 Å². The zero-order valence-corrected chi connectivity index (χ0v) is 14.0. The summed E-state index contributed by atoms with van der Waals surface area (Å²) in [4.78, 5) is 15.5. The number of aromatic carboxylic acids is 1. The zero-order valence-electron chi connectivity index (χ0n) is 14.0. The monoisotopic (exact) mass is 340 g/mol. The van der Waals surface area contributed by atoms with Crippen LogP contribution in [0.2, 0.25) is 0 Å². The topological polar surface area (TPSA) is 80.1 Å². The molecule has 3 rings (SSSR count). The number of methoxy groups -OCH3 is 1. The molecule has 25 heavy (non-hydrogen) atoms. The van der Waals surface area contributed by atoms with Crippen molar-refractivity contribution in [3.8, 4) is 11.5 Å². The van der Waals surface area contributed by atoms with Crippen molar-refractivity contribution in [1.29, 1.82) is 0 Å². The Balaban J connectivity index is 1.83. The molecular formula is C19H20N2O4. The summed E-state index contributed by atoms with van der Waals surface area (Å²) in [5, 5.41) is 12.3. The SMILES string of the molecule is COc1cccc(C2=NCCCN2)c1OCc1ccc(C(=O)O)cc1. The molecule has 2 N–H and O–H groups in total. The van der Waals surface area contributed by atoms with Gasteiger partial charge < -0.3 is 19.9 Å². The van der Waals surface area contributed by atoms with Crippen LogP contribution in [0.4, 0.5) is 0 Å². The summed E-state index contributed by atoms with van der Waals surface area (Å²) in [7, 11) is 1.60. The highest BCUT2D eigenvalue weighted by Gasteiger charge is 2.17. The molecule has 1 heterocycles. The Bertz CT molecular complexity index is 785. The lowest BCUT2D eigenvalue weighted by Crippen LogP contribution is -2.30. The van der Waals surface area contributed by atoms with Crippen LogP contribution in [0.5, 0.6) is 11.5 Å². The number of carboxylic acid groups (broad SMARTS) is 1. The Hall–Kier alpha value is -3.02. The van der Waals surface area contributed by atoms with Gasteiger partial charge in [-0.15, -0.1) is 0 Å². The second-order valence-electron chi connectivity index (χ2n) is 5.64. The van der Waals surface area contributed by atoms with E-state index in [1.54, 1.807) is 31.4 Å². The van der Waals surface area contributed by atoms with E-state index < -0.39 is 5.97 Å². The Labute approximate surface area is 146 Å². The Morgan fingerprint density at radius 1 is 1.24 bits per heavy atom. The quantitative estimate of drug-likeness (QED) is 0.845. The van der Waals surface area contributed by atoms with Crippen LogP contribution in [0.3, 0.4) is 0 Å². The highest BCUT2D eigenvalue weighted by Crippen LogP contribution is 2.32. The molecule has 0 bridgehead atoms. The Morgan fingerprint density at radius 3 is 2.68 bits per heavy atom. The Kier molecular flexibility index (Phi) is 5.18. The summed E-state index contributed by atoms with van der Waals surface area (Å²) in [5.74, 6) is 1.12. The molecule has 1 aliphatic heterocycles. The maximum atomic E-state index is 10.9. The number of para-hydroxylation sites is 1. The van der Waals surface area contributed by atoms with Gasteiger partial charge in [0.05, 0.1) is 18.2 Å². The van der Waals surface area contributed by atoms with Crippen LogP contribution < -0.4 is 14.8 Å². The summed E-state index contributed by atoms with van der Waals surface area (Å²) in [6, 6.07) is 12.3. The van der Waals surface area contributed by atoms with Crippen LogP contribution in [0, 0.1) is 0 Å². The minimum Gasteiger partial charge on any atom is -0.493 e. The fourth-order valence-corrected chi connectivity index (χ4v) is 2.62. The van der Waals surface area contributed by atoms with Gasteiger partial charge in [0.15, 0.2) is 11.5 Å². The summed E-state index contributed by atoms with van der Waals surface area (Å²) in [6.45, 7) is 1.97. The van der Waals surface area contributed by atoms with Gasteiger partial charge in [0, 0.05) is 13.1 Å². The van der Waals surface area contributed by atoms with Crippen molar-refractivity contribution in [2.24, 2.45) is 4.99 Å². The number of hydrogen-bond acceptors (Lipinski definition) is 5. The number of carbonyl (C=O) groups is 1. The van der Waals surface area contributed by atoms with Gasteiger partial charge >= 0.3 is 5.97 Å². The number of rotatable bonds is 6. The average molecular weight is 340 g/mol. The first-order chi connectivity index (χ1) is 12.2. The van der Waals surface area contributed by atoms with E-state index in [-0.39, 0.29) is 5.56 Å². The number of amidine groups is 1. The first kappa shape index (κ1) is 16.8. The van der Waals surface area contributed by atoms with Crippen LogP contribution in [0.25, 0.3) is 0 Å². The third kappa shape index (κ3) is 3.91. The fourth-order valence-electron chi connectivity index (χ4n) is 2.62. The van der Waals surface area contributed by atoms with E-state index in [1.807, 2.05) is 18.2 Å². The predicted octanol–water partition coefficient (Wildman–Crippen LogP) is 2.71. The summed E-state index contributed by atoms with van der Waals surface area (Å²) in [6.07, 6.45) is 1.01. The van der Waals surface area contributed by atoms with Crippen molar-refractivity contribution in [3.63, 3.8) is 0 Å². The van der Waals surface area contributed by atoms with E-state index in [2.05, 4.69) is 10.3 Å². The van der Waals surface area contributed by atoms with Crippen molar-refractivity contribution in [3.05, 3.63) is 59.2 Å². The van der Waals surface area contributed by atoms with Crippen molar-refractivity contribution in [1.82, 2.24) is 5.32 Å². The highest BCUT2D eigenvalue weighted by atomic mass is 16.5. The lowest BCUT2D eigenvalue weighted by atomic mass is 10.1. The average Bonchev–Trinajstić information content (AvgIpc) is 2.67. The molecule has 0 atom stereocenters. The number of aliphatic imine (C=N–C) groups is 1. The second kappa shape index (κ2) is 7.70. The number of nitrogens with one attached hydrogen (secondary N) is 1. The number of ether oxygens (including phenoxy) is 2. The van der Waals surface area contributed by atoms with Crippen LogP contribution in [-0.4, -0.2) is 37.1 Å². The van der Waals surface area contributed by atoms with Crippen LogP contribution in [0.1, 0.15) is 27.9 Å². The largest absolute Gasteiger partial charge is 0.493 e. The van der Waals surface area contributed by atoms with E-state index in [0.29, 0.717) is 18.1 Å². The second-order valence-corrected chi connectivity index (χ2v) is 5.64. The van der Waals surface area contributed by atoms with Gasteiger partial charge in [0.1, 0.15) is 12.4 Å². The van der Waals surface area contributed by atoms with E-state index in [1.165, 1.54) is 0 Å². The van der Waals surface area contributed by atoms with E-state index in [0.717, 1.165) is 36.5 Å². The molecule has 0 unspecified atom stereocenters. The van der Waals surface area contributed by atoms with Gasteiger partial charge in [-0.1, -0.05) is 18.2 Å². The first-order valence-corrected chi connectivity index (χ1v) is 8.10. The lowest BCUT2D eigenvalue weighted by Gasteiger charge is -2.19. The van der Waals surface area contributed by atoms with Gasteiger partial charge in [-0.05, 0) is 36.2 Å². The molecule has 0 fully saturated rings. The molecule has 0 spiro atoms. The van der Waals surface area contributed by atoms with Gasteiger partial charge in [-0.25, -0.2) is 4.79 Å². The molecule has 0 radical (unpaired) electrons. The molecule has 6 nitrogen and oxygen atoms in total. The molecule has 0 aliphatic carbocycles.